The van der Waals surface area contributed by atoms with Crippen molar-refractivity contribution in [2.45, 2.75) is 38.5 Å². The maximum atomic E-state index is 13.8. The van der Waals surface area contributed by atoms with Crippen LogP contribution in [0.25, 0.3) is 0 Å². The van der Waals surface area contributed by atoms with Crippen LogP contribution in [0.2, 0.25) is 0 Å². The van der Waals surface area contributed by atoms with Crippen molar-refractivity contribution in [2.75, 3.05) is 24.6 Å². The Bertz CT molecular complexity index is 403. The average Bonchev–Trinajstić information content (AvgIpc) is 2.73. The average molecular weight is 276 g/mol. The van der Waals surface area contributed by atoms with E-state index in [4.69, 9.17) is 5.11 Å². The van der Waals surface area contributed by atoms with Gasteiger partial charge in [-0.2, -0.15) is 0 Å². The molecule has 0 amide bonds. The Morgan fingerprint density at radius 1 is 1.33 bits per heavy atom. The molecule has 1 aliphatic rings. The maximum Gasteiger partial charge on any atom is 0.286 e. The fourth-order valence-electron chi connectivity index (χ4n) is 2.20. The molecule has 2 heterocycles. The number of alkyl halides is 2. The zero-order valence-corrected chi connectivity index (χ0v) is 11.3. The highest BCUT2D eigenvalue weighted by Gasteiger charge is 2.36. The number of hydrogen-bond donors (Lipinski definition) is 1. The quantitative estimate of drug-likeness (QED) is 0.918. The molecule has 1 aromatic heterocycles. The molecule has 0 aliphatic carbocycles. The first-order chi connectivity index (χ1) is 8.54. The van der Waals surface area contributed by atoms with Crippen LogP contribution < -0.4 is 4.90 Å². The van der Waals surface area contributed by atoms with E-state index in [9.17, 15) is 8.78 Å². The molecule has 1 fully saturated rings. The third-order valence-corrected chi connectivity index (χ3v) is 4.50. The third-order valence-electron chi connectivity index (χ3n) is 3.17. The summed E-state index contributed by atoms with van der Waals surface area (Å²) in [5, 5.41) is 9.40. The highest BCUT2D eigenvalue weighted by molar-refractivity contribution is 7.15. The molecule has 0 saturated carbocycles. The second-order valence-electron chi connectivity index (χ2n) is 4.64. The van der Waals surface area contributed by atoms with Crippen LogP contribution in [0.1, 0.15) is 36.3 Å². The van der Waals surface area contributed by atoms with Crippen molar-refractivity contribution in [2.24, 2.45) is 0 Å². The van der Waals surface area contributed by atoms with Gasteiger partial charge >= 0.3 is 0 Å². The lowest BCUT2D eigenvalue weighted by molar-refractivity contribution is -0.0241. The van der Waals surface area contributed by atoms with Crippen molar-refractivity contribution in [3.63, 3.8) is 0 Å². The van der Waals surface area contributed by atoms with Crippen molar-refractivity contribution < 1.29 is 13.9 Å². The molecule has 2 rings (SSSR count). The molecule has 1 saturated heterocycles. The first-order valence-corrected chi connectivity index (χ1v) is 7.08. The van der Waals surface area contributed by atoms with E-state index in [-0.39, 0.29) is 4.88 Å². The Hall–Kier alpha value is -0.750. The standard InChI is InChI=1S/C12H18F2N2OS/c1-9-10(12(13,14)5-8-17)18-11(15-9)16-6-3-2-4-7-16/h17H,2-8H2,1H3. The first-order valence-electron chi connectivity index (χ1n) is 6.26. The van der Waals surface area contributed by atoms with Crippen LogP contribution in [0.15, 0.2) is 0 Å². The van der Waals surface area contributed by atoms with Gasteiger partial charge in [-0.1, -0.05) is 11.3 Å². The second kappa shape index (κ2) is 5.48. The summed E-state index contributed by atoms with van der Waals surface area (Å²) in [6.07, 6.45) is 2.87. The summed E-state index contributed by atoms with van der Waals surface area (Å²) < 4.78 is 27.6. The molecule has 0 atom stereocenters. The van der Waals surface area contributed by atoms with Crippen LogP contribution in [-0.4, -0.2) is 29.8 Å². The maximum absolute atomic E-state index is 13.8. The van der Waals surface area contributed by atoms with Crippen LogP contribution in [0.4, 0.5) is 13.9 Å². The van der Waals surface area contributed by atoms with Crippen LogP contribution in [-0.2, 0) is 5.92 Å². The van der Waals surface area contributed by atoms with E-state index >= 15 is 0 Å². The van der Waals surface area contributed by atoms with E-state index in [1.807, 2.05) is 0 Å². The van der Waals surface area contributed by atoms with Crippen LogP contribution in [0.3, 0.4) is 0 Å². The molecule has 0 spiro atoms. The number of anilines is 1. The third kappa shape index (κ3) is 2.80. The summed E-state index contributed by atoms with van der Waals surface area (Å²) >= 11 is 1.07. The highest BCUT2D eigenvalue weighted by atomic mass is 32.1. The van der Waals surface area contributed by atoms with Crippen LogP contribution >= 0.6 is 11.3 Å². The Balaban J connectivity index is 2.20. The largest absolute Gasteiger partial charge is 0.396 e. The van der Waals surface area contributed by atoms with Gasteiger partial charge in [-0.3, -0.25) is 0 Å². The van der Waals surface area contributed by atoms with Crippen molar-refractivity contribution in [1.82, 2.24) is 4.98 Å². The van der Waals surface area contributed by atoms with Gasteiger partial charge < -0.3 is 10.0 Å². The SMILES string of the molecule is Cc1nc(N2CCCCC2)sc1C(F)(F)CCO. The summed E-state index contributed by atoms with van der Waals surface area (Å²) in [5.41, 5.74) is 0.388. The Morgan fingerprint density at radius 3 is 2.61 bits per heavy atom. The molecule has 3 nitrogen and oxygen atoms in total. The first kappa shape index (κ1) is 13.7. The van der Waals surface area contributed by atoms with Crippen molar-refractivity contribution in [1.29, 1.82) is 0 Å². The van der Waals surface area contributed by atoms with Crippen molar-refractivity contribution in [3.8, 4) is 0 Å². The molecule has 0 radical (unpaired) electrons. The van der Waals surface area contributed by atoms with Gasteiger partial charge in [0.1, 0.15) is 0 Å². The minimum absolute atomic E-state index is 0.00266. The van der Waals surface area contributed by atoms with E-state index < -0.39 is 19.0 Å². The Labute approximate surface area is 109 Å². The second-order valence-corrected chi connectivity index (χ2v) is 5.61. The molecule has 6 heteroatoms. The van der Waals surface area contributed by atoms with E-state index in [1.165, 1.54) is 6.42 Å². The number of nitrogens with zero attached hydrogens (tertiary/aromatic N) is 2. The van der Waals surface area contributed by atoms with Gasteiger partial charge in [0.25, 0.3) is 5.92 Å². The zero-order chi connectivity index (χ0) is 13.2. The molecule has 0 bridgehead atoms. The lowest BCUT2D eigenvalue weighted by Gasteiger charge is -2.25. The Morgan fingerprint density at radius 2 is 2.00 bits per heavy atom. The monoisotopic (exact) mass is 276 g/mol. The van der Waals surface area contributed by atoms with E-state index in [1.54, 1.807) is 6.92 Å². The van der Waals surface area contributed by atoms with Gasteiger partial charge in [0.15, 0.2) is 5.13 Å². The number of aryl methyl sites for hydroxylation is 1. The smallest absolute Gasteiger partial charge is 0.286 e. The van der Waals surface area contributed by atoms with Crippen molar-refractivity contribution >= 4 is 16.5 Å². The molecule has 102 valence electrons. The number of piperidine rings is 1. The summed E-state index contributed by atoms with van der Waals surface area (Å²) in [5.74, 6) is -2.97. The van der Waals surface area contributed by atoms with E-state index in [0.717, 1.165) is 37.3 Å². The molecule has 1 N–H and O–H groups in total. The van der Waals surface area contributed by atoms with Gasteiger partial charge in [0.05, 0.1) is 10.6 Å². The lowest BCUT2D eigenvalue weighted by Crippen LogP contribution is -2.29. The predicted octanol–water partition coefficient (Wildman–Crippen LogP) is 2.92. The number of rotatable bonds is 4. The number of hydrogen-bond acceptors (Lipinski definition) is 4. The molecule has 0 unspecified atom stereocenters. The zero-order valence-electron chi connectivity index (χ0n) is 10.5. The number of aliphatic hydroxyl groups excluding tert-OH is 1. The van der Waals surface area contributed by atoms with Gasteiger partial charge in [-0.05, 0) is 26.2 Å². The Kier molecular flexibility index (Phi) is 4.17. The van der Waals surface area contributed by atoms with Gasteiger partial charge in [0, 0.05) is 26.1 Å². The van der Waals surface area contributed by atoms with Crippen LogP contribution in [0, 0.1) is 6.92 Å². The minimum Gasteiger partial charge on any atom is -0.396 e. The molecular formula is C12H18F2N2OS. The topological polar surface area (TPSA) is 36.4 Å². The normalized spacial score (nSPS) is 17.2. The predicted molar refractivity (Wildman–Crippen MR) is 68.5 cm³/mol. The highest BCUT2D eigenvalue weighted by Crippen LogP contribution is 2.40. The van der Waals surface area contributed by atoms with Gasteiger partial charge in [-0.15, -0.1) is 0 Å². The minimum atomic E-state index is -2.97. The number of aliphatic hydroxyl groups is 1. The molecule has 0 aromatic carbocycles. The number of halogens is 2. The fourth-order valence-corrected chi connectivity index (χ4v) is 3.32. The van der Waals surface area contributed by atoms with Gasteiger partial charge in [0.2, 0.25) is 0 Å². The fraction of sp³-hybridized carbons (Fsp3) is 0.750. The molecule has 1 aliphatic heterocycles. The molecule has 18 heavy (non-hydrogen) atoms. The summed E-state index contributed by atoms with van der Waals surface area (Å²) in [6, 6.07) is 0. The van der Waals surface area contributed by atoms with E-state index in [2.05, 4.69) is 9.88 Å². The summed E-state index contributed by atoms with van der Waals surface area (Å²) in [7, 11) is 0. The molecular weight excluding hydrogens is 258 g/mol. The van der Waals surface area contributed by atoms with Crippen LogP contribution in [0.5, 0.6) is 0 Å². The van der Waals surface area contributed by atoms with E-state index in [0.29, 0.717) is 10.8 Å². The number of thiazole rings is 1. The molecule has 1 aromatic rings. The lowest BCUT2D eigenvalue weighted by atomic mass is 10.1. The summed E-state index contributed by atoms with van der Waals surface area (Å²) in [4.78, 5) is 6.35. The van der Waals surface area contributed by atoms with Crippen molar-refractivity contribution in [3.05, 3.63) is 10.6 Å². The number of aromatic nitrogens is 1. The summed E-state index contributed by atoms with van der Waals surface area (Å²) in [6.45, 7) is 2.91. The van der Waals surface area contributed by atoms with Gasteiger partial charge in [-0.25, -0.2) is 13.8 Å².